The Labute approximate surface area is 187 Å². The van der Waals surface area contributed by atoms with Gasteiger partial charge in [0.1, 0.15) is 5.82 Å². The van der Waals surface area contributed by atoms with E-state index in [2.05, 4.69) is 25.8 Å². The highest BCUT2D eigenvalue weighted by Gasteiger charge is 2.27. The van der Waals surface area contributed by atoms with E-state index in [1.165, 1.54) is 41.3 Å². The molecule has 0 saturated heterocycles. The molecule has 2 heterocycles. The fourth-order valence-electron chi connectivity index (χ4n) is 2.90. The number of rotatable bonds is 9. The van der Waals surface area contributed by atoms with Crippen molar-refractivity contribution in [3.63, 3.8) is 0 Å². The quantitative estimate of drug-likeness (QED) is 0.470. The van der Waals surface area contributed by atoms with Crippen LogP contribution in [0.4, 0.5) is 9.52 Å². The minimum absolute atomic E-state index is 0.0173. The molecule has 3 aromatic rings. The first-order valence-electron chi connectivity index (χ1n) is 9.71. The first-order chi connectivity index (χ1) is 14.9. The van der Waals surface area contributed by atoms with Gasteiger partial charge in [0.15, 0.2) is 16.1 Å². The van der Waals surface area contributed by atoms with E-state index in [0.717, 1.165) is 0 Å². The van der Waals surface area contributed by atoms with Crippen LogP contribution in [0.1, 0.15) is 43.0 Å². The molecule has 1 atom stereocenters. The van der Waals surface area contributed by atoms with E-state index in [1.54, 1.807) is 17.6 Å². The van der Waals surface area contributed by atoms with E-state index in [0.29, 0.717) is 22.7 Å². The molecule has 8 nitrogen and oxygen atoms in total. The second-order valence-electron chi connectivity index (χ2n) is 6.93. The highest BCUT2D eigenvalue weighted by molar-refractivity contribution is 7.99. The van der Waals surface area contributed by atoms with Gasteiger partial charge in [-0.1, -0.05) is 37.7 Å². The number of hydrogen-bond donors (Lipinski definition) is 2. The first kappa shape index (κ1) is 22.9. The molecule has 2 aromatic heterocycles. The van der Waals surface area contributed by atoms with Crippen LogP contribution in [0.25, 0.3) is 0 Å². The van der Waals surface area contributed by atoms with Crippen LogP contribution in [-0.2, 0) is 11.3 Å². The molecule has 0 spiro atoms. The summed E-state index contributed by atoms with van der Waals surface area (Å²) >= 11 is 2.59. The van der Waals surface area contributed by atoms with Gasteiger partial charge < -0.3 is 15.2 Å². The zero-order valence-corrected chi connectivity index (χ0v) is 19.0. The number of thiazole rings is 1. The largest absolute Gasteiger partial charge is 0.342 e. The van der Waals surface area contributed by atoms with Crippen molar-refractivity contribution < 1.29 is 14.0 Å². The molecule has 0 aliphatic heterocycles. The van der Waals surface area contributed by atoms with E-state index in [1.807, 2.05) is 25.3 Å². The number of amides is 2. The summed E-state index contributed by atoms with van der Waals surface area (Å²) in [5.74, 6) is -0.603. The Bertz CT molecular complexity index is 1040. The third-order valence-electron chi connectivity index (χ3n) is 4.42. The number of carbonyl (C=O) groups excluding carboxylic acids is 2. The van der Waals surface area contributed by atoms with Gasteiger partial charge >= 0.3 is 0 Å². The molecule has 0 aliphatic rings. The zero-order valence-electron chi connectivity index (χ0n) is 17.3. The SMILES string of the molecule is CCn1c(SCC(=O)Nc2nccs2)nnc1[C@@H](NC(=O)c1ccccc1F)C(C)C. The molecule has 0 fully saturated rings. The second kappa shape index (κ2) is 10.5. The fraction of sp³-hybridized carbons (Fsp3) is 0.350. The molecule has 2 N–H and O–H groups in total. The van der Waals surface area contributed by atoms with Gasteiger partial charge in [0.2, 0.25) is 5.91 Å². The molecule has 0 bridgehead atoms. The molecule has 164 valence electrons. The number of nitrogens with zero attached hydrogens (tertiary/aromatic N) is 4. The summed E-state index contributed by atoms with van der Waals surface area (Å²) in [4.78, 5) is 28.8. The number of carbonyl (C=O) groups is 2. The third-order valence-corrected chi connectivity index (χ3v) is 6.08. The number of aromatic nitrogens is 4. The van der Waals surface area contributed by atoms with Gasteiger partial charge in [-0.2, -0.15) is 0 Å². The predicted octanol–water partition coefficient (Wildman–Crippen LogP) is 3.75. The van der Waals surface area contributed by atoms with Crippen molar-refractivity contribution in [3.05, 3.63) is 53.0 Å². The van der Waals surface area contributed by atoms with Gasteiger partial charge in [-0.15, -0.1) is 21.5 Å². The Hall–Kier alpha value is -2.79. The molecule has 0 radical (unpaired) electrons. The Morgan fingerprint density at radius 3 is 2.68 bits per heavy atom. The lowest BCUT2D eigenvalue weighted by atomic mass is 10.0. The van der Waals surface area contributed by atoms with Crippen molar-refractivity contribution in [3.8, 4) is 0 Å². The predicted molar refractivity (Wildman–Crippen MR) is 119 cm³/mol. The monoisotopic (exact) mass is 462 g/mol. The molecular weight excluding hydrogens is 439 g/mol. The highest BCUT2D eigenvalue weighted by Crippen LogP contribution is 2.26. The molecule has 3 rings (SSSR count). The Morgan fingerprint density at radius 2 is 2.03 bits per heavy atom. The minimum Gasteiger partial charge on any atom is -0.342 e. The number of anilines is 1. The smallest absolute Gasteiger partial charge is 0.254 e. The van der Waals surface area contributed by atoms with Gasteiger partial charge in [0, 0.05) is 18.1 Å². The van der Waals surface area contributed by atoms with Gasteiger partial charge in [-0.05, 0) is 25.0 Å². The van der Waals surface area contributed by atoms with Crippen LogP contribution in [0, 0.1) is 11.7 Å². The number of nitrogens with one attached hydrogen (secondary N) is 2. The lowest BCUT2D eigenvalue weighted by molar-refractivity contribution is -0.113. The summed E-state index contributed by atoms with van der Waals surface area (Å²) in [5.41, 5.74) is -0.0239. The lowest BCUT2D eigenvalue weighted by Gasteiger charge is -2.22. The van der Waals surface area contributed by atoms with Crippen LogP contribution < -0.4 is 10.6 Å². The lowest BCUT2D eigenvalue weighted by Crippen LogP contribution is -2.34. The zero-order chi connectivity index (χ0) is 22.4. The second-order valence-corrected chi connectivity index (χ2v) is 8.77. The van der Waals surface area contributed by atoms with Gasteiger partial charge in [-0.25, -0.2) is 9.37 Å². The number of hydrogen-bond acceptors (Lipinski definition) is 7. The van der Waals surface area contributed by atoms with Crippen molar-refractivity contribution in [2.75, 3.05) is 11.1 Å². The van der Waals surface area contributed by atoms with E-state index in [4.69, 9.17) is 0 Å². The van der Waals surface area contributed by atoms with E-state index in [-0.39, 0.29) is 23.1 Å². The summed E-state index contributed by atoms with van der Waals surface area (Å²) in [6.07, 6.45) is 1.62. The summed E-state index contributed by atoms with van der Waals surface area (Å²) in [6.45, 7) is 6.37. The molecule has 11 heteroatoms. The van der Waals surface area contributed by atoms with Crippen molar-refractivity contribution in [1.29, 1.82) is 0 Å². The summed E-state index contributed by atoms with van der Waals surface area (Å²) in [5, 5.41) is 17.0. The summed E-state index contributed by atoms with van der Waals surface area (Å²) in [7, 11) is 0. The van der Waals surface area contributed by atoms with Crippen LogP contribution in [0.5, 0.6) is 0 Å². The average Bonchev–Trinajstić information content (AvgIpc) is 3.39. The summed E-state index contributed by atoms with van der Waals surface area (Å²) in [6, 6.07) is 5.36. The standard InChI is InChI=1S/C20H23FN6O2S2/c1-4-27-17(16(12(2)3)24-18(29)13-7-5-6-8-14(13)21)25-26-20(27)31-11-15(28)23-19-22-9-10-30-19/h5-10,12,16H,4,11H2,1-3H3,(H,24,29)(H,22,23,28)/t16-/m0/s1. The third kappa shape index (κ3) is 5.67. The maximum atomic E-state index is 14.0. The molecule has 1 aromatic carbocycles. The Kier molecular flexibility index (Phi) is 7.75. The molecule has 0 aliphatic carbocycles. The minimum atomic E-state index is -0.582. The summed E-state index contributed by atoms with van der Waals surface area (Å²) < 4.78 is 15.9. The van der Waals surface area contributed by atoms with Crippen molar-refractivity contribution in [1.82, 2.24) is 25.1 Å². The van der Waals surface area contributed by atoms with E-state index in [9.17, 15) is 14.0 Å². The van der Waals surface area contributed by atoms with Gasteiger partial charge in [0.05, 0.1) is 17.4 Å². The molecular formula is C20H23FN6O2S2. The topological polar surface area (TPSA) is 102 Å². The Morgan fingerprint density at radius 1 is 1.26 bits per heavy atom. The molecule has 2 amide bonds. The van der Waals surface area contributed by atoms with Crippen LogP contribution in [-0.4, -0.2) is 37.3 Å². The molecule has 31 heavy (non-hydrogen) atoms. The molecule has 0 unspecified atom stereocenters. The van der Waals surface area contributed by atoms with Crippen molar-refractivity contribution >= 4 is 40.0 Å². The van der Waals surface area contributed by atoms with Crippen molar-refractivity contribution in [2.24, 2.45) is 5.92 Å². The van der Waals surface area contributed by atoms with Crippen LogP contribution in [0.2, 0.25) is 0 Å². The number of thioether (sulfide) groups is 1. The van der Waals surface area contributed by atoms with Crippen LogP contribution >= 0.6 is 23.1 Å². The highest BCUT2D eigenvalue weighted by atomic mass is 32.2. The first-order valence-corrected chi connectivity index (χ1v) is 11.6. The maximum Gasteiger partial charge on any atom is 0.254 e. The van der Waals surface area contributed by atoms with E-state index >= 15 is 0 Å². The average molecular weight is 463 g/mol. The van der Waals surface area contributed by atoms with Crippen LogP contribution in [0.3, 0.4) is 0 Å². The fourth-order valence-corrected chi connectivity index (χ4v) is 4.25. The number of benzene rings is 1. The van der Waals surface area contributed by atoms with E-state index < -0.39 is 17.8 Å². The van der Waals surface area contributed by atoms with Crippen LogP contribution in [0.15, 0.2) is 41.0 Å². The van der Waals surface area contributed by atoms with Crippen molar-refractivity contribution in [2.45, 2.75) is 38.5 Å². The maximum absolute atomic E-state index is 14.0. The Balaban J connectivity index is 1.73. The normalized spacial score (nSPS) is 12.0. The van der Waals surface area contributed by atoms with Gasteiger partial charge in [0.25, 0.3) is 5.91 Å². The van der Waals surface area contributed by atoms with Gasteiger partial charge in [-0.3, -0.25) is 9.59 Å². The number of halogens is 1. The molecule has 0 saturated carbocycles.